The Morgan fingerprint density at radius 2 is 2.15 bits per heavy atom. The maximum Gasteiger partial charge on any atom is 0.422 e. The summed E-state index contributed by atoms with van der Waals surface area (Å²) in [5, 5.41) is 5.96. The molecule has 0 spiro atoms. The fourth-order valence-electron chi connectivity index (χ4n) is 1.39. The molecule has 8 heteroatoms. The van der Waals surface area contributed by atoms with E-state index in [1.54, 1.807) is 6.07 Å². The first-order valence-corrected chi connectivity index (χ1v) is 6.61. The van der Waals surface area contributed by atoms with Crippen LogP contribution in [0.25, 0.3) is 0 Å². The highest BCUT2D eigenvalue weighted by Crippen LogP contribution is 2.18. The average Bonchev–Trinajstić information content (AvgIpc) is 2.80. The van der Waals surface area contributed by atoms with E-state index in [1.807, 2.05) is 12.3 Å². The molecule has 0 amide bonds. The molecule has 0 aliphatic heterocycles. The Kier molecular flexibility index (Phi) is 4.43. The van der Waals surface area contributed by atoms with Crippen molar-refractivity contribution in [3.05, 3.63) is 34.4 Å². The number of aromatic nitrogens is 2. The molecule has 0 aliphatic rings. The summed E-state index contributed by atoms with van der Waals surface area (Å²) in [6, 6.07) is 3.00. The van der Waals surface area contributed by atoms with Crippen molar-refractivity contribution in [2.75, 3.05) is 11.9 Å². The minimum Gasteiger partial charge on any atom is -0.468 e. The molecule has 0 aliphatic carbocycles. The van der Waals surface area contributed by atoms with Crippen LogP contribution in [0.1, 0.15) is 10.7 Å². The van der Waals surface area contributed by atoms with Gasteiger partial charge in [-0.25, -0.2) is 9.97 Å². The van der Waals surface area contributed by atoms with Crippen LogP contribution in [-0.4, -0.2) is 22.8 Å². The van der Waals surface area contributed by atoms with E-state index in [2.05, 4.69) is 20.0 Å². The first-order chi connectivity index (χ1) is 9.42. The first kappa shape index (κ1) is 14.6. The minimum atomic E-state index is -4.36. The van der Waals surface area contributed by atoms with Crippen molar-refractivity contribution in [3.8, 4) is 5.88 Å². The number of hydrogen-bond acceptors (Lipinski definition) is 5. The number of rotatable bonds is 5. The van der Waals surface area contributed by atoms with E-state index >= 15 is 0 Å². The van der Waals surface area contributed by atoms with Gasteiger partial charge in [-0.15, -0.1) is 11.3 Å². The number of alkyl halides is 3. The van der Waals surface area contributed by atoms with Gasteiger partial charge in [-0.3, -0.25) is 0 Å². The number of aryl methyl sites for hydroxylation is 1. The second-order valence-corrected chi connectivity index (χ2v) is 4.97. The number of nitrogens with zero attached hydrogens (tertiary/aromatic N) is 2. The molecular formula is C12H12F3N3OS. The van der Waals surface area contributed by atoms with Crippen molar-refractivity contribution in [2.24, 2.45) is 0 Å². The summed E-state index contributed by atoms with van der Waals surface area (Å²) >= 11 is 1.54. The molecule has 0 saturated carbocycles. The van der Waals surface area contributed by atoms with Gasteiger partial charge in [0.15, 0.2) is 6.61 Å². The zero-order valence-corrected chi connectivity index (χ0v) is 11.4. The van der Waals surface area contributed by atoms with E-state index < -0.39 is 12.8 Å². The number of ether oxygens (including phenoxy) is 1. The summed E-state index contributed by atoms with van der Waals surface area (Å²) in [7, 11) is 0. The summed E-state index contributed by atoms with van der Waals surface area (Å²) in [5.74, 6) is -0.0574. The standard InChI is InChI=1S/C12H12F3N3OS/c1-8-6-20-11(18-8)5-16-9-2-3-10(17-4-9)19-7-12(13,14)15/h2-4,6,16H,5,7H2,1H3. The lowest BCUT2D eigenvalue weighted by Crippen LogP contribution is -2.19. The Bertz CT molecular complexity index is 554. The molecule has 108 valence electrons. The van der Waals surface area contributed by atoms with Crippen LogP contribution in [0, 0.1) is 6.92 Å². The Labute approximate surface area is 117 Å². The van der Waals surface area contributed by atoms with Crippen LogP contribution < -0.4 is 10.1 Å². The third-order valence-corrected chi connectivity index (χ3v) is 3.20. The Balaban J connectivity index is 1.85. The van der Waals surface area contributed by atoms with Crippen LogP contribution in [0.4, 0.5) is 18.9 Å². The predicted molar refractivity (Wildman–Crippen MR) is 70.0 cm³/mol. The largest absolute Gasteiger partial charge is 0.468 e. The number of nitrogens with one attached hydrogen (secondary N) is 1. The van der Waals surface area contributed by atoms with Crippen molar-refractivity contribution in [3.63, 3.8) is 0 Å². The second kappa shape index (κ2) is 6.08. The molecule has 0 radical (unpaired) electrons. The number of anilines is 1. The molecule has 2 aromatic rings. The molecule has 2 aromatic heterocycles. The molecule has 0 atom stereocenters. The van der Waals surface area contributed by atoms with Crippen molar-refractivity contribution < 1.29 is 17.9 Å². The van der Waals surface area contributed by atoms with Crippen LogP contribution in [0.3, 0.4) is 0 Å². The van der Waals surface area contributed by atoms with Crippen LogP contribution in [0.2, 0.25) is 0 Å². The van der Waals surface area contributed by atoms with E-state index in [0.29, 0.717) is 12.2 Å². The number of hydrogen-bond donors (Lipinski definition) is 1. The predicted octanol–water partition coefficient (Wildman–Crippen LogP) is 3.40. The van der Waals surface area contributed by atoms with Gasteiger partial charge in [-0.2, -0.15) is 13.2 Å². The van der Waals surface area contributed by atoms with Crippen molar-refractivity contribution in [1.82, 2.24) is 9.97 Å². The highest BCUT2D eigenvalue weighted by molar-refractivity contribution is 7.09. The molecule has 2 rings (SSSR count). The zero-order chi connectivity index (χ0) is 14.6. The quantitative estimate of drug-likeness (QED) is 0.919. The molecule has 0 unspecified atom stereocenters. The smallest absolute Gasteiger partial charge is 0.422 e. The van der Waals surface area contributed by atoms with Gasteiger partial charge in [0, 0.05) is 17.1 Å². The molecule has 2 heterocycles. The molecular weight excluding hydrogens is 291 g/mol. The summed E-state index contributed by atoms with van der Waals surface area (Å²) in [6.45, 7) is 1.11. The Hall–Kier alpha value is -1.83. The lowest BCUT2D eigenvalue weighted by molar-refractivity contribution is -0.154. The van der Waals surface area contributed by atoms with Crippen LogP contribution >= 0.6 is 11.3 Å². The monoisotopic (exact) mass is 303 g/mol. The highest BCUT2D eigenvalue weighted by atomic mass is 32.1. The van der Waals surface area contributed by atoms with Crippen LogP contribution in [0.5, 0.6) is 5.88 Å². The summed E-state index contributed by atoms with van der Waals surface area (Å²) in [4.78, 5) is 8.08. The fourth-order valence-corrected chi connectivity index (χ4v) is 2.10. The van der Waals surface area contributed by atoms with E-state index in [-0.39, 0.29) is 5.88 Å². The second-order valence-electron chi connectivity index (χ2n) is 4.03. The lowest BCUT2D eigenvalue weighted by Gasteiger charge is -2.09. The first-order valence-electron chi connectivity index (χ1n) is 5.73. The molecule has 20 heavy (non-hydrogen) atoms. The van der Waals surface area contributed by atoms with E-state index in [0.717, 1.165) is 10.7 Å². The third kappa shape index (κ3) is 4.69. The topological polar surface area (TPSA) is 47.0 Å². The fraction of sp³-hybridized carbons (Fsp3) is 0.333. The average molecular weight is 303 g/mol. The van der Waals surface area contributed by atoms with Crippen molar-refractivity contribution in [2.45, 2.75) is 19.6 Å². The van der Waals surface area contributed by atoms with Gasteiger partial charge in [0.1, 0.15) is 5.01 Å². The van der Waals surface area contributed by atoms with Gasteiger partial charge in [0.25, 0.3) is 0 Å². The molecule has 1 N–H and O–H groups in total. The van der Waals surface area contributed by atoms with Gasteiger partial charge in [0.05, 0.1) is 18.4 Å². The molecule has 4 nitrogen and oxygen atoms in total. The minimum absolute atomic E-state index is 0.0574. The van der Waals surface area contributed by atoms with Crippen molar-refractivity contribution in [1.29, 1.82) is 0 Å². The summed E-state index contributed by atoms with van der Waals surface area (Å²) < 4.78 is 40.4. The number of thiazole rings is 1. The van der Waals surface area contributed by atoms with E-state index in [4.69, 9.17) is 0 Å². The number of pyridine rings is 1. The van der Waals surface area contributed by atoms with Gasteiger partial charge in [-0.1, -0.05) is 0 Å². The Morgan fingerprint density at radius 1 is 1.35 bits per heavy atom. The van der Waals surface area contributed by atoms with E-state index in [9.17, 15) is 13.2 Å². The normalized spacial score (nSPS) is 11.4. The van der Waals surface area contributed by atoms with Gasteiger partial charge < -0.3 is 10.1 Å². The highest BCUT2D eigenvalue weighted by Gasteiger charge is 2.28. The van der Waals surface area contributed by atoms with E-state index in [1.165, 1.54) is 23.6 Å². The van der Waals surface area contributed by atoms with Crippen LogP contribution in [0.15, 0.2) is 23.7 Å². The summed E-state index contributed by atoms with van der Waals surface area (Å²) in [6.07, 6.45) is -2.94. The maximum absolute atomic E-state index is 12.0. The SMILES string of the molecule is Cc1csc(CNc2ccc(OCC(F)(F)F)nc2)n1. The zero-order valence-electron chi connectivity index (χ0n) is 10.6. The van der Waals surface area contributed by atoms with Crippen molar-refractivity contribution >= 4 is 17.0 Å². The molecule has 0 aromatic carbocycles. The van der Waals surface area contributed by atoms with Gasteiger partial charge in [-0.05, 0) is 13.0 Å². The number of halogens is 3. The van der Waals surface area contributed by atoms with Gasteiger partial charge in [0.2, 0.25) is 5.88 Å². The van der Waals surface area contributed by atoms with Gasteiger partial charge >= 0.3 is 6.18 Å². The summed E-state index contributed by atoms with van der Waals surface area (Å²) in [5.41, 5.74) is 1.65. The molecule has 0 fully saturated rings. The third-order valence-electron chi connectivity index (χ3n) is 2.23. The van der Waals surface area contributed by atoms with Crippen LogP contribution in [-0.2, 0) is 6.54 Å². The molecule has 0 saturated heterocycles. The lowest BCUT2D eigenvalue weighted by atomic mass is 10.4. The maximum atomic E-state index is 12.0. The Morgan fingerprint density at radius 3 is 2.70 bits per heavy atom. The molecule has 0 bridgehead atoms.